The van der Waals surface area contributed by atoms with Crippen LogP contribution in [0.15, 0.2) is 48.1 Å². The van der Waals surface area contributed by atoms with Crippen molar-refractivity contribution in [2.24, 2.45) is 5.10 Å². The van der Waals surface area contributed by atoms with E-state index in [1.54, 1.807) is 24.4 Å². The first kappa shape index (κ1) is 21.2. The van der Waals surface area contributed by atoms with Crippen LogP contribution in [0.3, 0.4) is 0 Å². The van der Waals surface area contributed by atoms with Crippen LogP contribution in [-0.2, 0) is 0 Å². The smallest absolute Gasteiger partial charge is 0.291 e. The normalized spacial score (nSPS) is 13.8. The van der Waals surface area contributed by atoms with Crippen molar-refractivity contribution < 1.29 is 19.0 Å². The van der Waals surface area contributed by atoms with E-state index >= 15 is 0 Å². The summed E-state index contributed by atoms with van der Waals surface area (Å²) >= 11 is 0. The van der Waals surface area contributed by atoms with Gasteiger partial charge in [-0.15, -0.1) is 0 Å². The fourth-order valence-corrected chi connectivity index (χ4v) is 2.98. The molecular formula is C21H20FN7O3. The maximum Gasteiger partial charge on any atom is 0.291 e. The Labute approximate surface area is 182 Å². The largest absolute Gasteiger partial charge is 0.478 e. The number of β-amino-alcohol motifs (C(OH)–C–C–N with tert-alkyl or cyclic N) is 1. The average Bonchev–Trinajstić information content (AvgIpc) is 2.79. The molecule has 3 aromatic heterocycles. The molecule has 4 rings (SSSR count). The molecule has 1 fully saturated rings. The summed E-state index contributed by atoms with van der Waals surface area (Å²) in [6, 6.07) is 5.01. The lowest BCUT2D eigenvalue weighted by atomic mass is 10.1. The molecule has 1 aliphatic heterocycles. The Kier molecular flexibility index (Phi) is 6.26. The molecule has 1 saturated heterocycles. The van der Waals surface area contributed by atoms with Gasteiger partial charge in [0.2, 0.25) is 11.8 Å². The number of nitrogens with zero attached hydrogens (tertiary/aromatic N) is 6. The summed E-state index contributed by atoms with van der Waals surface area (Å²) in [5.74, 6) is -0.842. The molecule has 32 heavy (non-hydrogen) atoms. The second-order valence-corrected chi connectivity index (χ2v) is 6.94. The van der Waals surface area contributed by atoms with Gasteiger partial charge in [-0.25, -0.2) is 20.4 Å². The zero-order chi connectivity index (χ0) is 22.5. The molecule has 11 heteroatoms. The van der Waals surface area contributed by atoms with Gasteiger partial charge in [0, 0.05) is 30.9 Å². The highest BCUT2D eigenvalue weighted by Crippen LogP contribution is 2.21. The molecule has 3 aromatic rings. The highest BCUT2D eigenvalue weighted by molar-refractivity contribution is 5.93. The Morgan fingerprint density at radius 1 is 1.31 bits per heavy atom. The van der Waals surface area contributed by atoms with Gasteiger partial charge in [0.15, 0.2) is 0 Å². The van der Waals surface area contributed by atoms with E-state index < -0.39 is 18.0 Å². The van der Waals surface area contributed by atoms with Crippen molar-refractivity contribution >= 4 is 17.8 Å². The predicted molar refractivity (Wildman–Crippen MR) is 114 cm³/mol. The molecular weight excluding hydrogens is 417 g/mol. The Morgan fingerprint density at radius 3 is 2.88 bits per heavy atom. The van der Waals surface area contributed by atoms with Crippen LogP contribution in [0.1, 0.15) is 23.0 Å². The van der Waals surface area contributed by atoms with E-state index in [1.807, 2.05) is 11.8 Å². The first-order valence-electron chi connectivity index (χ1n) is 9.86. The van der Waals surface area contributed by atoms with Crippen molar-refractivity contribution in [3.05, 3.63) is 60.2 Å². The van der Waals surface area contributed by atoms with Gasteiger partial charge in [0.1, 0.15) is 5.69 Å². The molecule has 10 nitrogen and oxygen atoms in total. The summed E-state index contributed by atoms with van der Waals surface area (Å²) in [6.45, 7) is 3.29. The lowest BCUT2D eigenvalue weighted by Gasteiger charge is -2.37. The topological polar surface area (TPSA) is 126 Å². The van der Waals surface area contributed by atoms with E-state index in [0.29, 0.717) is 42.5 Å². The number of hydrogen-bond donors (Lipinski definition) is 2. The third-order valence-corrected chi connectivity index (χ3v) is 4.64. The van der Waals surface area contributed by atoms with Gasteiger partial charge < -0.3 is 14.7 Å². The fourth-order valence-electron chi connectivity index (χ4n) is 2.98. The summed E-state index contributed by atoms with van der Waals surface area (Å²) in [4.78, 5) is 30.4. The summed E-state index contributed by atoms with van der Waals surface area (Å²) in [5, 5.41) is 13.2. The van der Waals surface area contributed by atoms with Gasteiger partial charge >= 0.3 is 0 Å². The number of hydrogen-bond acceptors (Lipinski definition) is 9. The van der Waals surface area contributed by atoms with Crippen LogP contribution >= 0.6 is 0 Å². The van der Waals surface area contributed by atoms with Crippen molar-refractivity contribution in [1.29, 1.82) is 0 Å². The van der Waals surface area contributed by atoms with Crippen LogP contribution in [0.5, 0.6) is 5.88 Å². The van der Waals surface area contributed by atoms with Crippen LogP contribution in [0.4, 0.5) is 10.1 Å². The molecule has 0 spiro atoms. The number of pyridine rings is 2. The minimum Gasteiger partial charge on any atom is -0.478 e. The number of carbonyl (C=O) groups excluding carboxylic acids is 1. The molecule has 2 N–H and O–H groups in total. The Morgan fingerprint density at radius 2 is 2.16 bits per heavy atom. The Balaban J connectivity index is 1.43. The zero-order valence-electron chi connectivity index (χ0n) is 17.1. The molecule has 0 aromatic carbocycles. The van der Waals surface area contributed by atoms with E-state index in [9.17, 15) is 14.3 Å². The first-order valence-corrected chi connectivity index (χ1v) is 9.86. The number of aromatic nitrogens is 4. The van der Waals surface area contributed by atoms with E-state index in [-0.39, 0.29) is 11.3 Å². The molecule has 4 heterocycles. The van der Waals surface area contributed by atoms with Crippen molar-refractivity contribution in [2.75, 3.05) is 24.6 Å². The predicted octanol–water partition coefficient (Wildman–Crippen LogP) is 1.42. The van der Waals surface area contributed by atoms with Crippen LogP contribution in [-0.4, -0.2) is 63.0 Å². The van der Waals surface area contributed by atoms with Crippen LogP contribution in [0, 0.1) is 5.95 Å². The Hall–Kier alpha value is -3.99. The number of rotatable bonds is 7. The number of halogens is 1. The first-order chi connectivity index (χ1) is 15.5. The minimum atomic E-state index is -0.724. The number of nitrogens with one attached hydrogen (secondary N) is 1. The molecule has 0 aliphatic carbocycles. The van der Waals surface area contributed by atoms with Gasteiger partial charge in [-0.2, -0.15) is 9.49 Å². The van der Waals surface area contributed by atoms with Gasteiger partial charge in [-0.05, 0) is 19.1 Å². The summed E-state index contributed by atoms with van der Waals surface area (Å²) in [6.07, 6.45) is 6.54. The summed E-state index contributed by atoms with van der Waals surface area (Å²) in [7, 11) is 0. The number of hydrazone groups is 1. The third-order valence-electron chi connectivity index (χ3n) is 4.64. The lowest BCUT2D eigenvalue weighted by molar-refractivity contribution is 0.0949. The maximum absolute atomic E-state index is 14.0. The average molecular weight is 437 g/mol. The molecule has 1 amide bonds. The summed E-state index contributed by atoms with van der Waals surface area (Å²) in [5.41, 5.74) is 4.23. The summed E-state index contributed by atoms with van der Waals surface area (Å²) < 4.78 is 19.3. The quantitative estimate of drug-likeness (QED) is 0.323. The fraction of sp³-hybridized carbons (Fsp3) is 0.238. The SMILES string of the molecule is CCOc1ccc(-c2cncc(C(=O)N/N=C/c3cc(N4CC(O)C4)cnc3F)n2)cn1. The molecule has 0 saturated carbocycles. The molecule has 0 unspecified atom stereocenters. The second kappa shape index (κ2) is 9.43. The monoisotopic (exact) mass is 437 g/mol. The molecule has 164 valence electrons. The zero-order valence-corrected chi connectivity index (χ0v) is 17.1. The van der Waals surface area contributed by atoms with E-state index in [1.165, 1.54) is 18.6 Å². The van der Waals surface area contributed by atoms with E-state index in [4.69, 9.17) is 4.74 Å². The molecule has 0 atom stereocenters. The minimum absolute atomic E-state index is 0.0375. The van der Waals surface area contributed by atoms with Crippen molar-refractivity contribution in [3.8, 4) is 17.1 Å². The van der Waals surface area contributed by atoms with Gasteiger partial charge in [0.25, 0.3) is 5.91 Å². The highest BCUT2D eigenvalue weighted by Gasteiger charge is 2.25. The third kappa shape index (κ3) is 4.83. The van der Waals surface area contributed by atoms with Crippen molar-refractivity contribution in [1.82, 2.24) is 25.4 Å². The lowest BCUT2D eigenvalue weighted by Crippen LogP contribution is -2.50. The second-order valence-electron chi connectivity index (χ2n) is 6.94. The van der Waals surface area contributed by atoms with E-state index in [2.05, 4.69) is 30.5 Å². The number of ether oxygens (including phenoxy) is 1. The van der Waals surface area contributed by atoms with Gasteiger partial charge in [0.05, 0.1) is 54.5 Å². The maximum atomic E-state index is 14.0. The van der Waals surface area contributed by atoms with E-state index in [0.717, 1.165) is 6.21 Å². The van der Waals surface area contributed by atoms with Crippen molar-refractivity contribution in [3.63, 3.8) is 0 Å². The number of anilines is 1. The van der Waals surface area contributed by atoms with Gasteiger partial charge in [-0.1, -0.05) is 0 Å². The number of aliphatic hydroxyl groups is 1. The van der Waals surface area contributed by atoms with Crippen molar-refractivity contribution in [2.45, 2.75) is 13.0 Å². The molecule has 0 radical (unpaired) electrons. The number of aliphatic hydroxyl groups excluding tert-OH is 1. The van der Waals surface area contributed by atoms with Gasteiger partial charge in [-0.3, -0.25) is 9.78 Å². The standard InChI is InChI=1S/C21H20FN7O3/c1-2-32-19-4-3-13(6-24-19)17-9-23-10-18(27-17)21(31)28-26-7-14-5-15(8-25-20(14)22)29-11-16(30)12-29/h3-10,16,30H,2,11-12H2,1H3,(H,28,31)/b26-7+. The van der Waals surface area contributed by atoms with Crippen LogP contribution in [0.2, 0.25) is 0 Å². The molecule has 1 aliphatic rings. The Bertz CT molecular complexity index is 1130. The van der Waals surface area contributed by atoms with Crippen LogP contribution in [0.25, 0.3) is 11.3 Å². The van der Waals surface area contributed by atoms with Crippen LogP contribution < -0.4 is 15.1 Å². The number of carbonyl (C=O) groups is 1. The number of amides is 1. The highest BCUT2D eigenvalue weighted by atomic mass is 19.1. The molecule has 0 bridgehead atoms.